The molecule has 206 valence electrons. The Morgan fingerprint density at radius 2 is 1.82 bits per heavy atom. The normalized spacial score (nSPS) is 14.2. The molecule has 1 amide bonds. The number of carbonyl (C=O) groups excluding carboxylic acids is 1. The first kappa shape index (κ1) is 26.7. The molecule has 0 unspecified atom stereocenters. The second-order valence-corrected chi connectivity index (χ2v) is 9.64. The fourth-order valence-corrected chi connectivity index (χ4v) is 4.86. The molecule has 0 radical (unpaired) electrons. The van der Waals surface area contributed by atoms with E-state index in [1.165, 1.54) is 6.20 Å². The van der Waals surface area contributed by atoms with E-state index in [1.807, 2.05) is 48.9 Å². The summed E-state index contributed by atoms with van der Waals surface area (Å²) in [7, 11) is 6.77. The van der Waals surface area contributed by atoms with E-state index in [1.54, 1.807) is 50.1 Å². The van der Waals surface area contributed by atoms with Gasteiger partial charge in [-0.05, 0) is 24.3 Å². The first-order valence-electron chi connectivity index (χ1n) is 13.0. The summed E-state index contributed by atoms with van der Waals surface area (Å²) in [5.74, 6) is 1.39. The van der Waals surface area contributed by atoms with Crippen molar-refractivity contribution in [2.45, 2.75) is 0 Å². The smallest absolute Gasteiger partial charge is 0.257 e. The largest absolute Gasteiger partial charge is 0.481 e. The number of anilines is 2. The molecule has 0 aromatic carbocycles. The van der Waals surface area contributed by atoms with Crippen LogP contribution in [0.25, 0.3) is 22.2 Å². The second kappa shape index (κ2) is 11.4. The Morgan fingerprint density at radius 3 is 2.42 bits per heavy atom. The van der Waals surface area contributed by atoms with Gasteiger partial charge in [0.2, 0.25) is 5.88 Å². The van der Waals surface area contributed by atoms with E-state index >= 15 is 0 Å². The molecule has 1 aliphatic heterocycles. The highest BCUT2D eigenvalue weighted by Crippen LogP contribution is 2.31. The third kappa shape index (κ3) is 5.18. The van der Waals surface area contributed by atoms with Crippen molar-refractivity contribution in [3.63, 3.8) is 0 Å². The van der Waals surface area contributed by atoms with E-state index in [-0.39, 0.29) is 5.91 Å². The molecule has 11 nitrogen and oxygen atoms in total. The molecule has 2 N–H and O–H groups in total. The van der Waals surface area contributed by atoms with Gasteiger partial charge in [0, 0.05) is 100 Å². The molecule has 1 aliphatic rings. The SMILES string of the molecule is CN=CC(=CN)c1cc(-c2ccc(N3CCN(c4ccc(OC)nc4)CC3)nc2)c2c(C(=O)N(C)C)cnn2c1. The molecule has 40 heavy (non-hydrogen) atoms. The van der Waals surface area contributed by atoms with Crippen LogP contribution in [0.1, 0.15) is 15.9 Å². The molecule has 5 heterocycles. The van der Waals surface area contributed by atoms with Gasteiger partial charge < -0.3 is 25.2 Å². The third-order valence-corrected chi connectivity index (χ3v) is 6.99. The van der Waals surface area contributed by atoms with E-state index < -0.39 is 0 Å². The number of allylic oxidation sites excluding steroid dienone is 1. The summed E-state index contributed by atoms with van der Waals surface area (Å²) in [5, 5.41) is 4.49. The van der Waals surface area contributed by atoms with Crippen molar-refractivity contribution >= 4 is 34.7 Å². The lowest BCUT2D eigenvalue weighted by molar-refractivity contribution is 0.0829. The van der Waals surface area contributed by atoms with Crippen LogP contribution in [0.2, 0.25) is 0 Å². The Bertz CT molecular complexity index is 1550. The third-order valence-electron chi connectivity index (χ3n) is 6.99. The lowest BCUT2D eigenvalue weighted by atomic mass is 10.00. The van der Waals surface area contributed by atoms with Crippen molar-refractivity contribution in [2.75, 3.05) is 64.2 Å². The Labute approximate surface area is 233 Å². The number of fused-ring (bicyclic) bond motifs is 1. The summed E-state index contributed by atoms with van der Waals surface area (Å²) in [6.07, 6.45) is 10.4. The van der Waals surface area contributed by atoms with Crippen LogP contribution in [-0.2, 0) is 0 Å². The van der Waals surface area contributed by atoms with Crippen molar-refractivity contribution in [2.24, 2.45) is 10.7 Å². The molecule has 0 spiro atoms. The van der Waals surface area contributed by atoms with Crippen molar-refractivity contribution < 1.29 is 9.53 Å². The predicted octanol–water partition coefficient (Wildman–Crippen LogP) is 2.83. The standard InChI is InChI=1S/C29H33N9O2/c1-31-15-22(14-30)21-13-24(28-25(29(39)35(2)3)18-34-38(28)19-21)20-5-7-26(32-16-20)37-11-9-36(10-12-37)23-6-8-27(40-4)33-17-23/h5-8,13-19H,9-12,30H2,1-4H3. The first-order chi connectivity index (χ1) is 19.4. The fourth-order valence-electron chi connectivity index (χ4n) is 4.86. The molecule has 4 aromatic rings. The Balaban J connectivity index is 1.44. The first-order valence-corrected chi connectivity index (χ1v) is 13.0. The zero-order chi connectivity index (χ0) is 28.2. The molecule has 0 aliphatic carbocycles. The van der Waals surface area contributed by atoms with Crippen LogP contribution in [0.5, 0.6) is 5.88 Å². The maximum Gasteiger partial charge on any atom is 0.257 e. The van der Waals surface area contributed by atoms with E-state index in [2.05, 4.69) is 24.9 Å². The molecule has 0 atom stereocenters. The minimum atomic E-state index is -0.122. The summed E-state index contributed by atoms with van der Waals surface area (Å²) in [6, 6.07) is 9.99. The summed E-state index contributed by atoms with van der Waals surface area (Å²) >= 11 is 0. The number of amides is 1. The summed E-state index contributed by atoms with van der Waals surface area (Å²) in [5.41, 5.74) is 11.5. The Hall–Kier alpha value is -4.93. The maximum atomic E-state index is 13.0. The van der Waals surface area contributed by atoms with Gasteiger partial charge in [-0.2, -0.15) is 5.10 Å². The monoisotopic (exact) mass is 539 g/mol. The number of piperazine rings is 1. The highest BCUT2D eigenvalue weighted by atomic mass is 16.5. The molecule has 11 heteroatoms. The topological polar surface area (TPSA) is 117 Å². The molecule has 4 aromatic heterocycles. The number of nitrogens with zero attached hydrogens (tertiary/aromatic N) is 8. The van der Waals surface area contributed by atoms with Crippen molar-refractivity contribution in [3.8, 4) is 17.0 Å². The minimum absolute atomic E-state index is 0.122. The molecular formula is C29H33N9O2. The number of methoxy groups -OCH3 is 1. The maximum absolute atomic E-state index is 13.0. The van der Waals surface area contributed by atoms with Crippen molar-refractivity contribution in [1.29, 1.82) is 0 Å². The van der Waals surface area contributed by atoms with E-state index in [0.29, 0.717) is 17.0 Å². The minimum Gasteiger partial charge on any atom is -0.481 e. The number of rotatable bonds is 7. The number of hydrogen-bond donors (Lipinski definition) is 1. The van der Waals surface area contributed by atoms with Gasteiger partial charge in [0.05, 0.1) is 36.3 Å². The van der Waals surface area contributed by atoms with E-state index in [0.717, 1.165) is 59.9 Å². The van der Waals surface area contributed by atoms with Gasteiger partial charge >= 0.3 is 0 Å². The van der Waals surface area contributed by atoms with Crippen LogP contribution in [0, 0.1) is 0 Å². The van der Waals surface area contributed by atoms with Crippen LogP contribution in [0.4, 0.5) is 11.5 Å². The van der Waals surface area contributed by atoms with Gasteiger partial charge in [-0.1, -0.05) is 0 Å². The van der Waals surface area contributed by atoms with E-state index in [4.69, 9.17) is 15.5 Å². The van der Waals surface area contributed by atoms with Gasteiger partial charge in [-0.3, -0.25) is 9.79 Å². The van der Waals surface area contributed by atoms with Crippen LogP contribution in [0.15, 0.2) is 66.3 Å². The zero-order valence-corrected chi connectivity index (χ0v) is 23.2. The Morgan fingerprint density at radius 1 is 1.05 bits per heavy atom. The zero-order valence-electron chi connectivity index (χ0n) is 23.2. The van der Waals surface area contributed by atoms with Gasteiger partial charge in [0.1, 0.15) is 5.82 Å². The molecule has 1 saturated heterocycles. The summed E-state index contributed by atoms with van der Waals surface area (Å²) < 4.78 is 6.89. The molecular weight excluding hydrogens is 506 g/mol. The van der Waals surface area contributed by atoms with Crippen LogP contribution < -0.4 is 20.3 Å². The van der Waals surface area contributed by atoms with Gasteiger partial charge in [0.15, 0.2) is 0 Å². The molecule has 1 fully saturated rings. The molecule has 0 saturated carbocycles. The fraction of sp³-hybridized carbons (Fsp3) is 0.276. The van der Waals surface area contributed by atoms with Gasteiger partial charge in [-0.15, -0.1) is 0 Å². The number of hydrogen-bond acceptors (Lipinski definition) is 9. The number of aliphatic imine (C=N–C) groups is 1. The highest BCUT2D eigenvalue weighted by molar-refractivity contribution is 6.11. The van der Waals surface area contributed by atoms with Gasteiger partial charge in [0.25, 0.3) is 5.91 Å². The number of ether oxygens (including phenoxy) is 1. The van der Waals surface area contributed by atoms with Crippen LogP contribution in [-0.4, -0.2) is 91.0 Å². The number of carbonyl (C=O) groups is 1. The number of aromatic nitrogens is 4. The Kier molecular flexibility index (Phi) is 7.63. The second-order valence-electron chi connectivity index (χ2n) is 9.64. The average Bonchev–Trinajstić information content (AvgIpc) is 3.43. The van der Waals surface area contributed by atoms with Crippen molar-refractivity contribution in [1.82, 2.24) is 24.5 Å². The summed E-state index contributed by atoms with van der Waals surface area (Å²) in [4.78, 5) is 32.4. The predicted molar refractivity (Wildman–Crippen MR) is 158 cm³/mol. The number of pyridine rings is 3. The molecule has 0 bridgehead atoms. The van der Waals surface area contributed by atoms with E-state index in [9.17, 15) is 4.79 Å². The summed E-state index contributed by atoms with van der Waals surface area (Å²) in [6.45, 7) is 3.39. The van der Waals surface area contributed by atoms with Crippen LogP contribution in [0.3, 0.4) is 0 Å². The average molecular weight is 540 g/mol. The van der Waals surface area contributed by atoms with Crippen molar-refractivity contribution in [3.05, 3.63) is 72.4 Å². The number of nitrogens with two attached hydrogens (primary N) is 1. The quantitative estimate of drug-likeness (QED) is 0.356. The lowest BCUT2D eigenvalue weighted by Crippen LogP contribution is -2.46. The van der Waals surface area contributed by atoms with Gasteiger partial charge in [-0.25, -0.2) is 14.5 Å². The molecule has 5 rings (SSSR count). The lowest BCUT2D eigenvalue weighted by Gasteiger charge is -2.36. The highest BCUT2D eigenvalue weighted by Gasteiger charge is 2.22. The van der Waals surface area contributed by atoms with Crippen LogP contribution >= 0.6 is 0 Å².